The second-order valence-corrected chi connectivity index (χ2v) is 7.68. The standard InChI is InChI=1S/C16H28N4/c1-11-14-7-17-6-12(14)9-20(11)10-13-8-19(5)18-15(13)16(2,3)4/h8,11-12,14,17H,6-7,9-10H2,1-5H3. The van der Waals surface area contributed by atoms with Crippen molar-refractivity contribution >= 4 is 0 Å². The van der Waals surface area contributed by atoms with Crippen LogP contribution < -0.4 is 5.32 Å². The lowest BCUT2D eigenvalue weighted by Gasteiger charge is -2.25. The Balaban J connectivity index is 1.79. The number of rotatable bonds is 2. The number of aryl methyl sites for hydroxylation is 1. The first-order chi connectivity index (χ1) is 9.36. The quantitative estimate of drug-likeness (QED) is 0.893. The third kappa shape index (κ3) is 2.40. The molecular formula is C16H28N4. The van der Waals surface area contributed by atoms with Crippen molar-refractivity contribution in [3.8, 4) is 0 Å². The minimum atomic E-state index is 0.122. The van der Waals surface area contributed by atoms with E-state index in [1.165, 1.54) is 30.9 Å². The topological polar surface area (TPSA) is 33.1 Å². The summed E-state index contributed by atoms with van der Waals surface area (Å²) in [4.78, 5) is 2.66. The van der Waals surface area contributed by atoms with Crippen molar-refractivity contribution in [3.63, 3.8) is 0 Å². The average Bonchev–Trinajstić information content (AvgIpc) is 2.98. The van der Waals surface area contributed by atoms with Gasteiger partial charge in [0.15, 0.2) is 0 Å². The molecule has 0 radical (unpaired) electrons. The minimum Gasteiger partial charge on any atom is -0.316 e. The van der Waals surface area contributed by atoms with Crippen LogP contribution in [0.15, 0.2) is 6.20 Å². The molecule has 112 valence electrons. The van der Waals surface area contributed by atoms with Crippen LogP contribution in [0, 0.1) is 11.8 Å². The molecule has 3 atom stereocenters. The molecule has 0 aliphatic carbocycles. The molecule has 1 N–H and O–H groups in total. The normalized spacial score (nSPS) is 30.9. The number of likely N-dealkylation sites (tertiary alicyclic amines) is 1. The third-order valence-corrected chi connectivity index (χ3v) is 5.05. The maximum Gasteiger partial charge on any atom is 0.0722 e. The van der Waals surface area contributed by atoms with Crippen LogP contribution >= 0.6 is 0 Å². The van der Waals surface area contributed by atoms with Gasteiger partial charge in [0.05, 0.1) is 5.69 Å². The van der Waals surface area contributed by atoms with Crippen LogP contribution in [0.3, 0.4) is 0 Å². The smallest absolute Gasteiger partial charge is 0.0722 e. The molecule has 0 saturated carbocycles. The Labute approximate surface area is 122 Å². The van der Waals surface area contributed by atoms with E-state index in [-0.39, 0.29) is 5.41 Å². The third-order valence-electron chi connectivity index (χ3n) is 5.05. The second-order valence-electron chi connectivity index (χ2n) is 7.68. The Bertz CT molecular complexity index is 485. The average molecular weight is 276 g/mol. The number of hydrogen-bond acceptors (Lipinski definition) is 3. The van der Waals surface area contributed by atoms with E-state index in [9.17, 15) is 0 Å². The first kappa shape index (κ1) is 14.1. The van der Waals surface area contributed by atoms with Crippen molar-refractivity contribution in [3.05, 3.63) is 17.5 Å². The van der Waals surface area contributed by atoms with E-state index in [4.69, 9.17) is 5.10 Å². The van der Waals surface area contributed by atoms with E-state index in [1.54, 1.807) is 0 Å². The molecule has 1 aromatic heterocycles. The summed E-state index contributed by atoms with van der Waals surface area (Å²) in [5, 5.41) is 8.23. The molecule has 4 nitrogen and oxygen atoms in total. The monoisotopic (exact) mass is 276 g/mol. The van der Waals surface area contributed by atoms with E-state index < -0.39 is 0 Å². The maximum absolute atomic E-state index is 4.70. The van der Waals surface area contributed by atoms with Crippen molar-refractivity contribution in [1.29, 1.82) is 0 Å². The molecular weight excluding hydrogens is 248 g/mol. The number of aromatic nitrogens is 2. The van der Waals surface area contributed by atoms with Gasteiger partial charge in [-0.3, -0.25) is 9.58 Å². The summed E-state index contributed by atoms with van der Waals surface area (Å²) in [6.45, 7) is 13.8. The summed E-state index contributed by atoms with van der Waals surface area (Å²) in [6.07, 6.45) is 2.21. The molecule has 2 aliphatic rings. The summed E-state index contributed by atoms with van der Waals surface area (Å²) >= 11 is 0. The van der Waals surface area contributed by atoms with Crippen LogP contribution in [-0.4, -0.2) is 40.4 Å². The summed E-state index contributed by atoms with van der Waals surface area (Å²) in [5.74, 6) is 1.68. The molecule has 2 fully saturated rings. The molecule has 2 saturated heterocycles. The van der Waals surface area contributed by atoms with Gasteiger partial charge in [-0.1, -0.05) is 20.8 Å². The summed E-state index contributed by atoms with van der Waals surface area (Å²) in [7, 11) is 2.03. The van der Waals surface area contributed by atoms with Crippen LogP contribution in [0.25, 0.3) is 0 Å². The highest BCUT2D eigenvalue weighted by atomic mass is 15.3. The first-order valence-electron chi connectivity index (χ1n) is 7.84. The second kappa shape index (κ2) is 4.85. The zero-order chi connectivity index (χ0) is 14.5. The SMILES string of the molecule is CC1C2CNCC2CN1Cc1cn(C)nc1C(C)(C)C. The molecule has 1 aromatic rings. The van der Waals surface area contributed by atoms with E-state index in [2.05, 4.69) is 44.1 Å². The zero-order valence-corrected chi connectivity index (χ0v) is 13.5. The Hall–Kier alpha value is -0.870. The van der Waals surface area contributed by atoms with Gasteiger partial charge in [0.25, 0.3) is 0 Å². The van der Waals surface area contributed by atoms with Gasteiger partial charge in [0.1, 0.15) is 0 Å². The maximum atomic E-state index is 4.70. The molecule has 2 aliphatic heterocycles. The van der Waals surface area contributed by atoms with Crippen LogP contribution in [0.4, 0.5) is 0 Å². The van der Waals surface area contributed by atoms with Crippen LogP contribution in [0.5, 0.6) is 0 Å². The van der Waals surface area contributed by atoms with Crippen molar-refractivity contribution in [1.82, 2.24) is 20.0 Å². The predicted molar refractivity (Wildman–Crippen MR) is 81.6 cm³/mol. The van der Waals surface area contributed by atoms with Gasteiger partial charge in [-0.15, -0.1) is 0 Å². The summed E-state index contributed by atoms with van der Waals surface area (Å²) < 4.78 is 1.97. The van der Waals surface area contributed by atoms with Crippen molar-refractivity contribution in [2.75, 3.05) is 19.6 Å². The van der Waals surface area contributed by atoms with Crippen molar-refractivity contribution in [2.24, 2.45) is 18.9 Å². The van der Waals surface area contributed by atoms with E-state index in [0.717, 1.165) is 18.4 Å². The Kier molecular flexibility index (Phi) is 3.41. The predicted octanol–water partition coefficient (Wildman–Crippen LogP) is 1.76. The number of nitrogens with one attached hydrogen (secondary N) is 1. The summed E-state index contributed by atoms with van der Waals surface area (Å²) in [5.41, 5.74) is 2.78. The number of hydrogen-bond donors (Lipinski definition) is 1. The van der Waals surface area contributed by atoms with E-state index in [0.29, 0.717) is 6.04 Å². The van der Waals surface area contributed by atoms with Gasteiger partial charge in [-0.05, 0) is 31.8 Å². The highest BCUT2D eigenvalue weighted by molar-refractivity contribution is 5.24. The van der Waals surface area contributed by atoms with Gasteiger partial charge < -0.3 is 5.32 Å². The van der Waals surface area contributed by atoms with Gasteiger partial charge in [0, 0.05) is 43.4 Å². The Morgan fingerprint density at radius 3 is 2.75 bits per heavy atom. The lowest BCUT2D eigenvalue weighted by Crippen LogP contribution is -2.33. The highest BCUT2D eigenvalue weighted by Crippen LogP contribution is 2.34. The zero-order valence-electron chi connectivity index (χ0n) is 13.5. The molecule has 0 amide bonds. The van der Waals surface area contributed by atoms with Gasteiger partial charge in [-0.25, -0.2) is 0 Å². The minimum absolute atomic E-state index is 0.122. The van der Waals surface area contributed by atoms with E-state index >= 15 is 0 Å². The van der Waals surface area contributed by atoms with Gasteiger partial charge >= 0.3 is 0 Å². The fourth-order valence-corrected chi connectivity index (χ4v) is 3.97. The molecule has 0 aromatic carbocycles. The Morgan fingerprint density at radius 2 is 2.10 bits per heavy atom. The lowest BCUT2D eigenvalue weighted by atomic mass is 9.89. The van der Waals surface area contributed by atoms with Crippen molar-refractivity contribution in [2.45, 2.75) is 45.7 Å². The fraction of sp³-hybridized carbons (Fsp3) is 0.812. The largest absolute Gasteiger partial charge is 0.316 e. The first-order valence-corrected chi connectivity index (χ1v) is 7.84. The highest BCUT2D eigenvalue weighted by Gasteiger charge is 2.42. The van der Waals surface area contributed by atoms with Gasteiger partial charge in [-0.2, -0.15) is 5.10 Å². The molecule has 3 rings (SSSR count). The van der Waals surface area contributed by atoms with Gasteiger partial charge in [0.2, 0.25) is 0 Å². The fourth-order valence-electron chi connectivity index (χ4n) is 3.97. The molecule has 20 heavy (non-hydrogen) atoms. The van der Waals surface area contributed by atoms with Crippen LogP contribution in [0.2, 0.25) is 0 Å². The van der Waals surface area contributed by atoms with Crippen LogP contribution in [0.1, 0.15) is 39.0 Å². The lowest BCUT2D eigenvalue weighted by molar-refractivity contribution is 0.230. The molecule has 4 heteroatoms. The molecule has 3 unspecified atom stereocenters. The molecule has 0 spiro atoms. The van der Waals surface area contributed by atoms with Crippen LogP contribution in [-0.2, 0) is 19.0 Å². The van der Waals surface area contributed by atoms with E-state index in [1.807, 2.05) is 11.7 Å². The molecule has 3 heterocycles. The molecule has 0 bridgehead atoms. The number of nitrogens with zero attached hydrogens (tertiary/aromatic N) is 3. The summed E-state index contributed by atoms with van der Waals surface area (Å²) in [6, 6.07) is 0.683. The van der Waals surface area contributed by atoms with Crippen molar-refractivity contribution < 1.29 is 0 Å². The Morgan fingerprint density at radius 1 is 1.35 bits per heavy atom. The number of fused-ring (bicyclic) bond motifs is 1.